The van der Waals surface area contributed by atoms with E-state index in [9.17, 15) is 9.18 Å². The number of benzene rings is 1. The van der Waals surface area contributed by atoms with Gasteiger partial charge in [-0.2, -0.15) is 0 Å². The standard InChI is InChI=1S/C8H5BrFIO3/c9-6-4(10)1-3(2-5(6)11)7(12)8(13)14/h1-2,7,12H,(H,13,14). The van der Waals surface area contributed by atoms with Crippen LogP contribution in [0.3, 0.4) is 0 Å². The van der Waals surface area contributed by atoms with E-state index in [2.05, 4.69) is 15.9 Å². The maximum atomic E-state index is 13.1. The molecule has 1 atom stereocenters. The molecule has 6 heteroatoms. The van der Waals surface area contributed by atoms with Crippen LogP contribution >= 0.6 is 38.5 Å². The van der Waals surface area contributed by atoms with E-state index in [1.807, 2.05) is 22.6 Å². The van der Waals surface area contributed by atoms with Gasteiger partial charge in [-0.3, -0.25) is 0 Å². The van der Waals surface area contributed by atoms with Crippen molar-refractivity contribution in [1.82, 2.24) is 0 Å². The zero-order valence-corrected chi connectivity index (χ0v) is 10.4. The van der Waals surface area contributed by atoms with E-state index in [1.165, 1.54) is 6.07 Å². The first-order valence-corrected chi connectivity index (χ1v) is 5.36. The monoisotopic (exact) mass is 374 g/mol. The molecule has 3 nitrogen and oxygen atoms in total. The number of aliphatic hydroxyl groups excluding tert-OH is 1. The predicted molar refractivity (Wildman–Crippen MR) is 59.4 cm³/mol. The van der Waals surface area contributed by atoms with Gasteiger partial charge in [-0.1, -0.05) is 0 Å². The number of carboxylic acids is 1. The van der Waals surface area contributed by atoms with Crippen LogP contribution in [-0.4, -0.2) is 16.2 Å². The van der Waals surface area contributed by atoms with E-state index in [0.717, 1.165) is 6.07 Å². The van der Waals surface area contributed by atoms with Crippen LogP contribution in [-0.2, 0) is 4.79 Å². The highest BCUT2D eigenvalue weighted by atomic mass is 127. The molecule has 0 saturated carbocycles. The minimum atomic E-state index is -1.69. The average Bonchev–Trinajstić information content (AvgIpc) is 2.12. The van der Waals surface area contributed by atoms with Gasteiger partial charge in [0.2, 0.25) is 0 Å². The lowest BCUT2D eigenvalue weighted by atomic mass is 10.1. The molecule has 0 heterocycles. The largest absolute Gasteiger partial charge is 0.479 e. The SMILES string of the molecule is O=C(O)C(O)c1cc(F)c(Br)c(I)c1. The summed E-state index contributed by atoms with van der Waals surface area (Å²) in [6.07, 6.45) is -1.69. The normalized spacial score (nSPS) is 12.6. The third-order valence-electron chi connectivity index (χ3n) is 1.56. The summed E-state index contributed by atoms with van der Waals surface area (Å²) in [6, 6.07) is 2.40. The number of halogens is 3. The molecule has 1 rings (SSSR count). The molecule has 0 radical (unpaired) electrons. The average molecular weight is 375 g/mol. The fraction of sp³-hybridized carbons (Fsp3) is 0.125. The molecular formula is C8H5BrFIO3. The molecule has 0 fully saturated rings. The van der Waals surface area contributed by atoms with Gasteiger partial charge in [-0.05, 0) is 56.2 Å². The second-order valence-electron chi connectivity index (χ2n) is 2.54. The molecule has 0 aliphatic carbocycles. The lowest BCUT2D eigenvalue weighted by molar-refractivity contribution is -0.146. The fourth-order valence-electron chi connectivity index (χ4n) is 0.876. The number of hydrogen-bond acceptors (Lipinski definition) is 2. The van der Waals surface area contributed by atoms with Gasteiger partial charge in [0.25, 0.3) is 0 Å². The van der Waals surface area contributed by atoms with Crippen molar-refractivity contribution in [3.05, 3.63) is 31.6 Å². The number of aliphatic carboxylic acids is 1. The van der Waals surface area contributed by atoms with Gasteiger partial charge in [0.1, 0.15) is 5.82 Å². The smallest absolute Gasteiger partial charge is 0.337 e. The minimum absolute atomic E-state index is 0.0302. The third-order valence-corrected chi connectivity index (χ3v) is 3.95. The van der Waals surface area contributed by atoms with Crippen molar-refractivity contribution < 1.29 is 19.4 Å². The molecule has 0 spiro atoms. The van der Waals surface area contributed by atoms with E-state index in [-0.39, 0.29) is 10.0 Å². The van der Waals surface area contributed by atoms with Crippen LogP contribution < -0.4 is 0 Å². The van der Waals surface area contributed by atoms with E-state index < -0.39 is 17.9 Å². The van der Waals surface area contributed by atoms with Gasteiger partial charge >= 0.3 is 5.97 Å². The summed E-state index contributed by atoms with van der Waals surface area (Å²) in [7, 11) is 0. The molecule has 2 N–H and O–H groups in total. The zero-order chi connectivity index (χ0) is 10.9. The van der Waals surface area contributed by atoms with Crippen molar-refractivity contribution in [2.24, 2.45) is 0 Å². The van der Waals surface area contributed by atoms with E-state index >= 15 is 0 Å². The first kappa shape index (κ1) is 11.9. The number of carboxylic acid groups (broad SMARTS) is 1. The molecule has 1 unspecified atom stereocenters. The van der Waals surface area contributed by atoms with Crippen LogP contribution in [0.2, 0.25) is 0 Å². The molecule has 14 heavy (non-hydrogen) atoms. The minimum Gasteiger partial charge on any atom is -0.479 e. The number of hydrogen-bond donors (Lipinski definition) is 2. The molecule has 1 aromatic rings. The van der Waals surface area contributed by atoms with E-state index in [4.69, 9.17) is 10.2 Å². The highest BCUT2D eigenvalue weighted by Crippen LogP contribution is 2.26. The summed E-state index contributed by atoms with van der Waals surface area (Å²) in [4.78, 5) is 10.4. The molecule has 0 saturated heterocycles. The van der Waals surface area contributed by atoms with E-state index in [1.54, 1.807) is 0 Å². The highest BCUT2D eigenvalue weighted by Gasteiger charge is 2.18. The van der Waals surface area contributed by atoms with Crippen LogP contribution in [0.15, 0.2) is 16.6 Å². The summed E-state index contributed by atoms with van der Waals surface area (Å²) >= 11 is 4.83. The summed E-state index contributed by atoms with van der Waals surface area (Å²) < 4.78 is 13.9. The van der Waals surface area contributed by atoms with E-state index in [0.29, 0.717) is 3.57 Å². The first-order valence-electron chi connectivity index (χ1n) is 3.48. The quantitative estimate of drug-likeness (QED) is 0.617. The highest BCUT2D eigenvalue weighted by molar-refractivity contribution is 14.1. The summed E-state index contributed by atoms with van der Waals surface area (Å²) in [6.45, 7) is 0. The molecule has 0 aromatic heterocycles. The van der Waals surface area contributed by atoms with Crippen molar-refractivity contribution in [1.29, 1.82) is 0 Å². The van der Waals surface area contributed by atoms with Gasteiger partial charge < -0.3 is 10.2 Å². The van der Waals surface area contributed by atoms with Gasteiger partial charge in [0.15, 0.2) is 6.10 Å². The molecule has 0 amide bonds. The second kappa shape index (κ2) is 4.54. The zero-order valence-electron chi connectivity index (χ0n) is 6.67. The van der Waals surface area contributed by atoms with Crippen molar-refractivity contribution >= 4 is 44.5 Å². The Morgan fingerprint density at radius 1 is 1.57 bits per heavy atom. The van der Waals surface area contributed by atoms with Crippen LogP contribution in [0.4, 0.5) is 4.39 Å². The summed E-state index contributed by atoms with van der Waals surface area (Å²) in [5.74, 6) is -1.99. The van der Waals surface area contributed by atoms with Gasteiger partial charge in [-0.25, -0.2) is 9.18 Å². The second-order valence-corrected chi connectivity index (χ2v) is 4.49. The summed E-state index contributed by atoms with van der Waals surface area (Å²) in [5, 5.41) is 17.7. The maximum Gasteiger partial charge on any atom is 0.337 e. The number of rotatable bonds is 2. The summed E-state index contributed by atoms with van der Waals surface area (Å²) in [5.41, 5.74) is 0.0302. The fourth-order valence-corrected chi connectivity index (χ4v) is 1.72. The van der Waals surface area contributed by atoms with Crippen molar-refractivity contribution in [3.8, 4) is 0 Å². The molecule has 0 aliphatic rings. The lowest BCUT2D eigenvalue weighted by Crippen LogP contribution is -2.11. The van der Waals surface area contributed by atoms with Crippen LogP contribution in [0.25, 0.3) is 0 Å². The van der Waals surface area contributed by atoms with Crippen LogP contribution in [0, 0.1) is 9.39 Å². The van der Waals surface area contributed by atoms with Gasteiger partial charge in [-0.15, -0.1) is 0 Å². The van der Waals surface area contributed by atoms with Crippen LogP contribution in [0.5, 0.6) is 0 Å². The van der Waals surface area contributed by atoms with Crippen molar-refractivity contribution in [2.75, 3.05) is 0 Å². The third kappa shape index (κ3) is 2.43. The Morgan fingerprint density at radius 3 is 2.57 bits per heavy atom. The Balaban J connectivity index is 3.19. The Labute approximate surface area is 101 Å². The topological polar surface area (TPSA) is 57.5 Å². The predicted octanol–water partition coefficient (Wildman–Crippen LogP) is 2.31. The maximum absolute atomic E-state index is 13.1. The van der Waals surface area contributed by atoms with Gasteiger partial charge in [0.05, 0.1) is 4.47 Å². The Hall–Kier alpha value is -0.210. The first-order chi connectivity index (χ1) is 6.43. The lowest BCUT2D eigenvalue weighted by Gasteiger charge is -2.07. The molecule has 76 valence electrons. The Morgan fingerprint density at radius 2 is 2.14 bits per heavy atom. The number of carbonyl (C=O) groups is 1. The van der Waals surface area contributed by atoms with Crippen molar-refractivity contribution in [3.63, 3.8) is 0 Å². The molecule has 1 aromatic carbocycles. The Bertz CT molecular complexity index is 360. The van der Waals surface area contributed by atoms with Crippen molar-refractivity contribution in [2.45, 2.75) is 6.10 Å². The van der Waals surface area contributed by atoms with Crippen LogP contribution in [0.1, 0.15) is 11.7 Å². The number of aliphatic hydroxyl groups is 1. The molecular weight excluding hydrogens is 370 g/mol. The molecule has 0 bridgehead atoms. The van der Waals surface area contributed by atoms with Gasteiger partial charge in [0, 0.05) is 3.57 Å². The molecule has 0 aliphatic heterocycles. The Kier molecular flexibility index (Phi) is 3.85.